The van der Waals surface area contributed by atoms with Crippen LogP contribution in [0.4, 0.5) is 0 Å². The number of fused-ring (bicyclic) bond motifs is 1. The van der Waals surface area contributed by atoms with Crippen molar-refractivity contribution in [2.45, 2.75) is 38.1 Å². The van der Waals surface area contributed by atoms with Gasteiger partial charge in [-0.15, -0.1) is 11.3 Å². The molecule has 96 valence electrons. The molecule has 1 unspecified atom stereocenters. The summed E-state index contributed by atoms with van der Waals surface area (Å²) >= 11 is 7.70. The smallest absolute Gasteiger partial charge is 0.111 e. The van der Waals surface area contributed by atoms with E-state index in [4.69, 9.17) is 17.3 Å². The van der Waals surface area contributed by atoms with Crippen molar-refractivity contribution in [2.24, 2.45) is 11.7 Å². The monoisotopic (exact) mass is 280 g/mol. The molecule has 1 aromatic heterocycles. The van der Waals surface area contributed by atoms with E-state index in [-0.39, 0.29) is 6.04 Å². The van der Waals surface area contributed by atoms with Gasteiger partial charge in [0.15, 0.2) is 0 Å². The minimum Gasteiger partial charge on any atom is -0.322 e. The first-order chi connectivity index (χ1) is 8.74. The number of halogens is 1. The Morgan fingerprint density at radius 1 is 1.28 bits per heavy atom. The summed E-state index contributed by atoms with van der Waals surface area (Å²) in [7, 11) is 0. The number of thiazole rings is 1. The first-order valence-corrected chi connectivity index (χ1v) is 7.75. The predicted molar refractivity (Wildman–Crippen MR) is 78.1 cm³/mol. The zero-order valence-corrected chi connectivity index (χ0v) is 11.8. The number of aromatic nitrogens is 1. The highest BCUT2D eigenvalue weighted by Gasteiger charge is 2.24. The van der Waals surface area contributed by atoms with Gasteiger partial charge in [0.05, 0.1) is 16.3 Å². The minimum atomic E-state index is 0.0986. The molecule has 2 aromatic rings. The van der Waals surface area contributed by atoms with E-state index in [0.29, 0.717) is 5.92 Å². The van der Waals surface area contributed by atoms with Gasteiger partial charge < -0.3 is 5.73 Å². The molecule has 4 heteroatoms. The molecule has 1 saturated carbocycles. The van der Waals surface area contributed by atoms with Crippen molar-refractivity contribution in [3.05, 3.63) is 28.2 Å². The van der Waals surface area contributed by atoms with Crippen molar-refractivity contribution in [3.8, 4) is 0 Å². The fourth-order valence-electron chi connectivity index (χ4n) is 2.76. The maximum Gasteiger partial charge on any atom is 0.111 e. The zero-order chi connectivity index (χ0) is 12.5. The number of hydrogen-bond donors (Lipinski definition) is 1. The zero-order valence-electron chi connectivity index (χ0n) is 10.2. The summed E-state index contributed by atoms with van der Waals surface area (Å²) in [6, 6.07) is 5.97. The van der Waals surface area contributed by atoms with Crippen molar-refractivity contribution in [3.63, 3.8) is 0 Å². The van der Waals surface area contributed by atoms with Crippen LogP contribution in [-0.2, 0) is 0 Å². The first kappa shape index (κ1) is 12.4. The van der Waals surface area contributed by atoms with Crippen LogP contribution in [0.2, 0.25) is 5.02 Å². The van der Waals surface area contributed by atoms with Crippen LogP contribution in [0.15, 0.2) is 18.2 Å². The molecule has 1 atom stereocenters. The minimum absolute atomic E-state index is 0.0986. The van der Waals surface area contributed by atoms with Gasteiger partial charge in [-0.1, -0.05) is 30.9 Å². The summed E-state index contributed by atoms with van der Waals surface area (Å²) in [5.74, 6) is 0.606. The van der Waals surface area contributed by atoms with E-state index in [0.717, 1.165) is 15.5 Å². The van der Waals surface area contributed by atoms with E-state index in [1.165, 1.54) is 36.8 Å². The van der Waals surface area contributed by atoms with E-state index in [2.05, 4.69) is 4.98 Å². The number of benzene rings is 1. The quantitative estimate of drug-likeness (QED) is 0.878. The molecule has 0 radical (unpaired) electrons. The van der Waals surface area contributed by atoms with Crippen molar-refractivity contribution < 1.29 is 0 Å². The first-order valence-electron chi connectivity index (χ1n) is 6.55. The van der Waals surface area contributed by atoms with Crippen LogP contribution in [-0.4, -0.2) is 4.98 Å². The lowest BCUT2D eigenvalue weighted by Gasteiger charge is -2.25. The fourth-order valence-corrected chi connectivity index (χ4v) is 3.97. The third-order valence-corrected chi connectivity index (χ3v) is 5.18. The van der Waals surface area contributed by atoms with E-state index < -0.39 is 0 Å². The fraction of sp³-hybridized carbons (Fsp3) is 0.500. The van der Waals surface area contributed by atoms with Crippen molar-refractivity contribution in [1.82, 2.24) is 4.98 Å². The van der Waals surface area contributed by atoms with Gasteiger partial charge in [0, 0.05) is 5.02 Å². The average Bonchev–Trinajstić information content (AvgIpc) is 2.81. The molecule has 3 rings (SSSR count). The van der Waals surface area contributed by atoms with Gasteiger partial charge in [-0.05, 0) is 37.0 Å². The normalized spacial score (nSPS) is 19.2. The van der Waals surface area contributed by atoms with Gasteiger partial charge in [-0.3, -0.25) is 0 Å². The molecule has 1 aliphatic carbocycles. The number of hydrogen-bond acceptors (Lipinski definition) is 3. The summed E-state index contributed by atoms with van der Waals surface area (Å²) in [4.78, 5) is 4.66. The Bertz CT molecular complexity index is 546. The lowest BCUT2D eigenvalue weighted by Crippen LogP contribution is -2.23. The number of rotatable bonds is 2. The lowest BCUT2D eigenvalue weighted by atomic mass is 9.84. The highest BCUT2D eigenvalue weighted by Crippen LogP contribution is 2.36. The van der Waals surface area contributed by atoms with Crippen LogP contribution >= 0.6 is 22.9 Å². The molecule has 0 aliphatic heterocycles. The standard InChI is InChI=1S/C14H17ClN2S/c15-10-6-7-12-11(8-10)17-14(18-12)13(16)9-4-2-1-3-5-9/h6-9,13H,1-5,16H2. The summed E-state index contributed by atoms with van der Waals surface area (Å²) < 4.78 is 1.18. The van der Waals surface area contributed by atoms with Gasteiger partial charge in [0.2, 0.25) is 0 Å². The predicted octanol–water partition coefficient (Wildman–Crippen LogP) is 4.53. The Labute approximate surface area is 116 Å². The van der Waals surface area contributed by atoms with Crippen LogP contribution in [0.25, 0.3) is 10.2 Å². The number of nitrogens with zero attached hydrogens (tertiary/aromatic N) is 1. The maximum absolute atomic E-state index is 6.39. The molecule has 0 saturated heterocycles. The Morgan fingerprint density at radius 2 is 2.06 bits per heavy atom. The molecule has 1 aliphatic rings. The van der Waals surface area contributed by atoms with E-state index in [1.54, 1.807) is 11.3 Å². The Hall–Kier alpha value is -0.640. The second-order valence-electron chi connectivity index (χ2n) is 5.09. The van der Waals surface area contributed by atoms with Gasteiger partial charge >= 0.3 is 0 Å². The summed E-state index contributed by atoms with van der Waals surface area (Å²) in [5, 5.41) is 1.81. The second kappa shape index (κ2) is 5.16. The number of nitrogens with two attached hydrogens (primary N) is 1. The summed E-state index contributed by atoms with van der Waals surface area (Å²) in [5.41, 5.74) is 7.37. The Balaban J connectivity index is 1.88. The highest BCUT2D eigenvalue weighted by atomic mass is 35.5. The summed E-state index contributed by atoms with van der Waals surface area (Å²) in [6.45, 7) is 0. The van der Waals surface area contributed by atoms with Crippen molar-refractivity contribution in [1.29, 1.82) is 0 Å². The maximum atomic E-state index is 6.39. The average molecular weight is 281 g/mol. The van der Waals surface area contributed by atoms with Crippen LogP contribution in [0.1, 0.15) is 43.2 Å². The van der Waals surface area contributed by atoms with Crippen molar-refractivity contribution >= 4 is 33.2 Å². The summed E-state index contributed by atoms with van der Waals surface area (Å²) in [6.07, 6.45) is 6.48. The topological polar surface area (TPSA) is 38.9 Å². The second-order valence-corrected chi connectivity index (χ2v) is 6.59. The molecule has 1 heterocycles. The lowest BCUT2D eigenvalue weighted by molar-refractivity contribution is 0.308. The molecule has 0 spiro atoms. The van der Waals surface area contributed by atoms with Gasteiger partial charge in [-0.2, -0.15) is 0 Å². The largest absolute Gasteiger partial charge is 0.322 e. The Kier molecular flexibility index (Phi) is 3.55. The van der Waals surface area contributed by atoms with E-state index in [1.807, 2.05) is 18.2 Å². The molecule has 2 nitrogen and oxygen atoms in total. The third-order valence-electron chi connectivity index (χ3n) is 3.81. The molecular formula is C14H17ClN2S. The SMILES string of the molecule is NC(c1nc2cc(Cl)ccc2s1)C1CCCCC1. The molecule has 0 amide bonds. The van der Waals surface area contributed by atoms with Crippen LogP contribution < -0.4 is 5.73 Å². The van der Waals surface area contributed by atoms with Crippen molar-refractivity contribution in [2.75, 3.05) is 0 Å². The Morgan fingerprint density at radius 3 is 2.83 bits per heavy atom. The van der Waals surface area contributed by atoms with E-state index >= 15 is 0 Å². The van der Waals surface area contributed by atoms with Gasteiger partial charge in [-0.25, -0.2) is 4.98 Å². The van der Waals surface area contributed by atoms with E-state index in [9.17, 15) is 0 Å². The molecule has 1 aromatic carbocycles. The van der Waals surface area contributed by atoms with Crippen LogP contribution in [0.5, 0.6) is 0 Å². The van der Waals surface area contributed by atoms with Gasteiger partial charge in [0.1, 0.15) is 5.01 Å². The highest BCUT2D eigenvalue weighted by molar-refractivity contribution is 7.18. The molecular weight excluding hydrogens is 264 g/mol. The molecule has 18 heavy (non-hydrogen) atoms. The third kappa shape index (κ3) is 2.40. The molecule has 2 N–H and O–H groups in total. The van der Waals surface area contributed by atoms with Gasteiger partial charge in [0.25, 0.3) is 0 Å². The van der Waals surface area contributed by atoms with Crippen LogP contribution in [0.3, 0.4) is 0 Å². The molecule has 0 bridgehead atoms. The molecule has 1 fully saturated rings. The van der Waals surface area contributed by atoms with Crippen LogP contribution in [0, 0.1) is 5.92 Å².